The van der Waals surface area contributed by atoms with E-state index < -0.39 is 0 Å². The number of benzene rings is 1. The van der Waals surface area contributed by atoms with E-state index in [1.54, 1.807) is 6.07 Å². The fourth-order valence-corrected chi connectivity index (χ4v) is 2.97. The molecule has 0 aliphatic carbocycles. The van der Waals surface area contributed by atoms with Crippen LogP contribution >= 0.6 is 46.6 Å². The quantitative estimate of drug-likeness (QED) is 0.564. The Hall–Kier alpha value is 0.0600. The fourth-order valence-electron chi connectivity index (χ4n) is 1.05. The first-order chi connectivity index (χ1) is 5.68. The highest BCUT2D eigenvalue weighted by atomic mass is 127. The molecule has 0 aliphatic rings. The van der Waals surface area contributed by atoms with Crippen LogP contribution in [0.1, 0.15) is 0 Å². The predicted octanol–water partition coefficient (Wildman–Crippen LogP) is 3.50. The van der Waals surface area contributed by atoms with E-state index in [-0.39, 0.29) is 0 Å². The topological polar surface area (TPSA) is 20.2 Å². The van der Waals surface area contributed by atoms with Crippen LogP contribution in [0.5, 0.6) is 5.06 Å². The number of halogens is 1. The van der Waals surface area contributed by atoms with Gasteiger partial charge in [-0.05, 0) is 40.1 Å². The van der Waals surface area contributed by atoms with E-state index >= 15 is 0 Å². The lowest BCUT2D eigenvalue weighted by molar-refractivity contribution is 0.491. The summed E-state index contributed by atoms with van der Waals surface area (Å²) in [5.74, 6) is 0. The standard InChI is InChI=1S/C8H5IOS2/c9-7-5(11)2-1-4-3-6(10)12-8(4)7/h1-3,10-11H. The van der Waals surface area contributed by atoms with Crippen molar-refractivity contribution in [1.29, 1.82) is 0 Å². The summed E-state index contributed by atoms with van der Waals surface area (Å²) in [7, 11) is 0. The maximum atomic E-state index is 9.26. The summed E-state index contributed by atoms with van der Waals surface area (Å²) in [4.78, 5) is 0.963. The number of thiol groups is 1. The van der Waals surface area contributed by atoms with Crippen LogP contribution < -0.4 is 0 Å². The molecule has 0 amide bonds. The Morgan fingerprint density at radius 1 is 1.42 bits per heavy atom. The lowest BCUT2D eigenvalue weighted by Crippen LogP contribution is -1.73. The zero-order valence-corrected chi connectivity index (χ0v) is 9.78. The van der Waals surface area contributed by atoms with Gasteiger partial charge in [0, 0.05) is 8.47 Å². The summed E-state index contributed by atoms with van der Waals surface area (Å²) in [6.45, 7) is 0. The summed E-state index contributed by atoms with van der Waals surface area (Å²) >= 11 is 7.93. The number of hydrogen-bond acceptors (Lipinski definition) is 3. The molecule has 12 heavy (non-hydrogen) atoms. The van der Waals surface area contributed by atoms with Gasteiger partial charge in [0.05, 0.1) is 4.70 Å². The van der Waals surface area contributed by atoms with Gasteiger partial charge in [-0.3, -0.25) is 0 Å². The van der Waals surface area contributed by atoms with Crippen molar-refractivity contribution in [2.75, 3.05) is 0 Å². The Morgan fingerprint density at radius 3 is 2.92 bits per heavy atom. The van der Waals surface area contributed by atoms with Gasteiger partial charge in [0.25, 0.3) is 0 Å². The third-order valence-corrected chi connectivity index (χ3v) is 4.85. The molecule has 0 aliphatic heterocycles. The van der Waals surface area contributed by atoms with Crippen LogP contribution in [0.3, 0.4) is 0 Å². The SMILES string of the molecule is Oc1cc2ccc(S)c(I)c2s1. The number of thiophene rings is 1. The Morgan fingerprint density at radius 2 is 2.17 bits per heavy atom. The molecule has 0 fully saturated rings. The molecule has 2 aromatic rings. The van der Waals surface area contributed by atoms with E-state index in [2.05, 4.69) is 35.2 Å². The molecule has 1 aromatic heterocycles. The van der Waals surface area contributed by atoms with Crippen molar-refractivity contribution in [2.45, 2.75) is 4.90 Å². The molecule has 0 saturated carbocycles. The average Bonchev–Trinajstić information content (AvgIpc) is 2.39. The second-order valence-electron chi connectivity index (χ2n) is 2.40. The van der Waals surface area contributed by atoms with Gasteiger partial charge in [-0.15, -0.1) is 12.6 Å². The maximum absolute atomic E-state index is 9.26. The number of rotatable bonds is 0. The van der Waals surface area contributed by atoms with Gasteiger partial charge in [0.1, 0.15) is 0 Å². The Kier molecular flexibility index (Phi) is 2.22. The van der Waals surface area contributed by atoms with Crippen molar-refractivity contribution >= 4 is 56.6 Å². The number of aromatic hydroxyl groups is 1. The number of fused-ring (bicyclic) bond motifs is 1. The molecule has 0 spiro atoms. The Labute approximate surface area is 93.0 Å². The van der Waals surface area contributed by atoms with Gasteiger partial charge in [-0.2, -0.15) is 0 Å². The Bertz CT molecular complexity index is 436. The highest BCUT2D eigenvalue weighted by Gasteiger charge is 2.05. The average molecular weight is 308 g/mol. The Balaban J connectivity index is 2.89. The second-order valence-corrected chi connectivity index (χ2v) is 4.99. The molecular weight excluding hydrogens is 303 g/mol. The molecule has 4 heteroatoms. The first-order valence-electron chi connectivity index (χ1n) is 3.28. The highest BCUT2D eigenvalue weighted by Crippen LogP contribution is 2.36. The third-order valence-electron chi connectivity index (χ3n) is 1.59. The normalized spacial score (nSPS) is 10.8. The van der Waals surface area contributed by atoms with Crippen LogP contribution in [-0.2, 0) is 0 Å². The van der Waals surface area contributed by atoms with E-state index in [1.807, 2.05) is 12.1 Å². The zero-order valence-electron chi connectivity index (χ0n) is 5.91. The third kappa shape index (κ3) is 1.31. The second kappa shape index (κ2) is 3.08. The first kappa shape index (κ1) is 8.65. The highest BCUT2D eigenvalue weighted by molar-refractivity contribution is 14.1. The van der Waals surface area contributed by atoms with Crippen molar-refractivity contribution < 1.29 is 5.11 Å². The van der Waals surface area contributed by atoms with Crippen LogP contribution in [0.15, 0.2) is 23.1 Å². The molecule has 62 valence electrons. The fraction of sp³-hybridized carbons (Fsp3) is 0. The lowest BCUT2D eigenvalue weighted by atomic mass is 10.3. The van der Waals surface area contributed by atoms with Crippen molar-refractivity contribution in [1.82, 2.24) is 0 Å². The molecule has 0 bridgehead atoms. The van der Waals surface area contributed by atoms with Crippen LogP contribution in [0.25, 0.3) is 10.1 Å². The molecule has 0 atom stereocenters. The molecule has 0 radical (unpaired) electrons. The monoisotopic (exact) mass is 308 g/mol. The molecule has 0 unspecified atom stereocenters. The van der Waals surface area contributed by atoms with Gasteiger partial charge >= 0.3 is 0 Å². The predicted molar refractivity (Wildman–Crippen MR) is 63.5 cm³/mol. The minimum atomic E-state index is 0.363. The van der Waals surface area contributed by atoms with Crippen LogP contribution in [0.4, 0.5) is 0 Å². The molecular formula is C8H5IOS2. The van der Waals surface area contributed by atoms with E-state index in [4.69, 9.17) is 0 Å². The van der Waals surface area contributed by atoms with Crippen LogP contribution in [-0.4, -0.2) is 5.11 Å². The van der Waals surface area contributed by atoms with Gasteiger partial charge < -0.3 is 5.11 Å². The first-order valence-corrected chi connectivity index (χ1v) is 5.62. The summed E-state index contributed by atoms with van der Waals surface area (Å²) in [5.41, 5.74) is 0. The van der Waals surface area contributed by atoms with Gasteiger partial charge in [-0.25, -0.2) is 0 Å². The van der Waals surface area contributed by atoms with Gasteiger partial charge in [0.2, 0.25) is 0 Å². The zero-order chi connectivity index (χ0) is 8.72. The van der Waals surface area contributed by atoms with E-state index in [9.17, 15) is 5.11 Å². The summed E-state index contributed by atoms with van der Waals surface area (Å²) in [6, 6.07) is 5.69. The molecule has 0 saturated heterocycles. The van der Waals surface area contributed by atoms with Crippen molar-refractivity contribution in [3.63, 3.8) is 0 Å². The van der Waals surface area contributed by atoms with E-state index in [0.717, 1.165) is 18.6 Å². The van der Waals surface area contributed by atoms with Crippen LogP contribution in [0, 0.1) is 3.57 Å². The summed E-state index contributed by atoms with van der Waals surface area (Å²) in [6.07, 6.45) is 0. The van der Waals surface area contributed by atoms with E-state index in [1.165, 1.54) is 11.3 Å². The molecule has 1 N–H and O–H groups in total. The smallest absolute Gasteiger partial charge is 0.172 e. The van der Waals surface area contributed by atoms with Crippen molar-refractivity contribution in [2.24, 2.45) is 0 Å². The van der Waals surface area contributed by atoms with Crippen molar-refractivity contribution in [3.05, 3.63) is 21.8 Å². The molecule has 2 rings (SSSR count). The van der Waals surface area contributed by atoms with E-state index in [0.29, 0.717) is 5.06 Å². The van der Waals surface area contributed by atoms with Gasteiger partial charge in [-0.1, -0.05) is 17.4 Å². The largest absolute Gasteiger partial charge is 0.499 e. The summed E-state index contributed by atoms with van der Waals surface area (Å²) in [5, 5.41) is 10.7. The minimum absolute atomic E-state index is 0.363. The minimum Gasteiger partial charge on any atom is -0.499 e. The summed E-state index contributed by atoms with van der Waals surface area (Å²) < 4.78 is 2.22. The molecule has 1 aromatic carbocycles. The number of hydrogen-bond donors (Lipinski definition) is 2. The van der Waals surface area contributed by atoms with Gasteiger partial charge in [0.15, 0.2) is 5.06 Å². The van der Waals surface area contributed by atoms with Crippen molar-refractivity contribution in [3.8, 4) is 5.06 Å². The maximum Gasteiger partial charge on any atom is 0.172 e. The molecule has 1 nitrogen and oxygen atoms in total. The lowest BCUT2D eigenvalue weighted by Gasteiger charge is -1.96. The molecule has 1 heterocycles. The van der Waals surface area contributed by atoms with Crippen LogP contribution in [0.2, 0.25) is 0 Å².